The molecule has 1 saturated carbocycles. The van der Waals surface area contributed by atoms with Crippen molar-refractivity contribution >= 4 is 5.94 Å². The third-order valence-electron chi connectivity index (χ3n) is 2.13. The van der Waals surface area contributed by atoms with Crippen LogP contribution in [0.15, 0.2) is 5.57 Å². The molecule has 0 heterocycles. The second kappa shape index (κ2) is 2.84. The maximum atomic E-state index is 10.1. The molecule has 0 aromatic carbocycles. The zero-order valence-corrected chi connectivity index (χ0v) is 5.81. The number of allylic oxidation sites excluding steroid dienone is 1. The van der Waals surface area contributed by atoms with Crippen LogP contribution in [-0.2, 0) is 4.79 Å². The lowest BCUT2D eigenvalue weighted by Crippen LogP contribution is -1.94. The average molecular weight is 124 g/mol. The molecule has 0 amide bonds. The van der Waals surface area contributed by atoms with Crippen molar-refractivity contribution in [1.82, 2.24) is 0 Å². The van der Waals surface area contributed by atoms with Crippen molar-refractivity contribution in [2.45, 2.75) is 32.6 Å². The number of carbonyl (C=O) groups excluding carboxylic acids is 1. The van der Waals surface area contributed by atoms with Crippen LogP contribution in [0.1, 0.15) is 32.6 Å². The van der Waals surface area contributed by atoms with E-state index in [9.17, 15) is 4.79 Å². The average Bonchev–Trinajstić information content (AvgIpc) is 2.37. The van der Waals surface area contributed by atoms with E-state index in [0.717, 1.165) is 5.57 Å². The highest BCUT2D eigenvalue weighted by atomic mass is 16.1. The second-order valence-corrected chi connectivity index (χ2v) is 2.77. The van der Waals surface area contributed by atoms with Gasteiger partial charge in [0.1, 0.15) is 5.94 Å². The third kappa shape index (κ3) is 1.43. The highest BCUT2D eigenvalue weighted by Gasteiger charge is 2.16. The first-order valence-corrected chi connectivity index (χ1v) is 3.56. The Morgan fingerprint density at radius 1 is 1.44 bits per heavy atom. The van der Waals surface area contributed by atoms with Crippen LogP contribution in [0.5, 0.6) is 0 Å². The van der Waals surface area contributed by atoms with Gasteiger partial charge in [-0.2, -0.15) is 0 Å². The zero-order valence-electron chi connectivity index (χ0n) is 5.81. The molecule has 0 aromatic heterocycles. The molecule has 0 unspecified atom stereocenters. The molecule has 0 saturated heterocycles. The van der Waals surface area contributed by atoms with E-state index in [4.69, 9.17) is 0 Å². The van der Waals surface area contributed by atoms with Crippen LogP contribution in [0.2, 0.25) is 0 Å². The fraction of sp³-hybridized carbons (Fsp3) is 0.750. The highest BCUT2D eigenvalue weighted by Crippen LogP contribution is 2.29. The Hall–Kier alpha value is -0.550. The van der Waals surface area contributed by atoms with Crippen LogP contribution in [0.4, 0.5) is 0 Å². The quantitative estimate of drug-likeness (QED) is 0.488. The lowest BCUT2D eigenvalue weighted by molar-refractivity contribution is 0.557. The van der Waals surface area contributed by atoms with Crippen LogP contribution in [0.25, 0.3) is 0 Å². The Labute approximate surface area is 55.8 Å². The smallest absolute Gasteiger partial charge is 0.123 e. The van der Waals surface area contributed by atoms with E-state index in [2.05, 4.69) is 0 Å². The van der Waals surface area contributed by atoms with E-state index >= 15 is 0 Å². The molecule has 0 N–H and O–H groups in total. The van der Waals surface area contributed by atoms with Gasteiger partial charge in [-0.25, -0.2) is 4.79 Å². The SMILES string of the molecule is CC(=C=O)C1CCCC1. The van der Waals surface area contributed by atoms with Gasteiger partial charge in [-0.3, -0.25) is 0 Å². The van der Waals surface area contributed by atoms with Crippen molar-refractivity contribution in [3.05, 3.63) is 5.57 Å². The van der Waals surface area contributed by atoms with Crippen molar-refractivity contribution in [2.24, 2.45) is 5.92 Å². The molecule has 9 heavy (non-hydrogen) atoms. The molecule has 0 radical (unpaired) electrons. The van der Waals surface area contributed by atoms with Crippen LogP contribution >= 0.6 is 0 Å². The van der Waals surface area contributed by atoms with Gasteiger partial charge < -0.3 is 0 Å². The standard InChI is InChI=1S/C8H12O/c1-7(6-9)8-4-2-3-5-8/h8H,2-5H2,1H3. The lowest BCUT2D eigenvalue weighted by Gasteiger charge is -2.02. The van der Waals surface area contributed by atoms with Crippen LogP contribution in [0, 0.1) is 5.92 Å². The fourth-order valence-electron chi connectivity index (χ4n) is 1.44. The lowest BCUT2D eigenvalue weighted by atomic mass is 10.0. The molecule has 0 atom stereocenters. The molecule has 1 rings (SSSR count). The van der Waals surface area contributed by atoms with Crippen LogP contribution in [-0.4, -0.2) is 5.94 Å². The first-order valence-electron chi connectivity index (χ1n) is 3.56. The van der Waals surface area contributed by atoms with E-state index in [1.165, 1.54) is 25.7 Å². The number of hydrogen-bond acceptors (Lipinski definition) is 1. The van der Waals surface area contributed by atoms with Gasteiger partial charge >= 0.3 is 0 Å². The summed E-state index contributed by atoms with van der Waals surface area (Å²) in [4.78, 5) is 10.1. The highest BCUT2D eigenvalue weighted by molar-refractivity contribution is 5.52. The Bertz CT molecular complexity index is 137. The molecule has 1 heteroatoms. The molecular weight excluding hydrogens is 112 g/mol. The van der Waals surface area contributed by atoms with Gasteiger partial charge in [0, 0.05) is 5.57 Å². The molecule has 1 nitrogen and oxygen atoms in total. The van der Waals surface area contributed by atoms with Crippen molar-refractivity contribution in [3.8, 4) is 0 Å². The minimum Gasteiger partial charge on any atom is -0.234 e. The van der Waals surface area contributed by atoms with Crippen LogP contribution < -0.4 is 0 Å². The van der Waals surface area contributed by atoms with Gasteiger partial charge in [0.25, 0.3) is 0 Å². The number of rotatable bonds is 1. The summed E-state index contributed by atoms with van der Waals surface area (Å²) in [5.74, 6) is 2.55. The summed E-state index contributed by atoms with van der Waals surface area (Å²) in [5.41, 5.74) is 0.924. The summed E-state index contributed by atoms with van der Waals surface area (Å²) in [6.45, 7) is 1.89. The van der Waals surface area contributed by atoms with Gasteiger partial charge in [-0.15, -0.1) is 0 Å². The maximum Gasteiger partial charge on any atom is 0.123 e. The minimum absolute atomic E-state index is 0.572. The van der Waals surface area contributed by atoms with E-state index in [-0.39, 0.29) is 0 Å². The first-order chi connectivity index (χ1) is 4.34. The predicted molar refractivity (Wildman–Crippen MR) is 36.8 cm³/mol. The van der Waals surface area contributed by atoms with Crippen molar-refractivity contribution in [2.75, 3.05) is 0 Å². The first kappa shape index (κ1) is 6.57. The van der Waals surface area contributed by atoms with E-state index in [0.29, 0.717) is 5.92 Å². The summed E-state index contributed by atoms with van der Waals surface area (Å²) < 4.78 is 0. The van der Waals surface area contributed by atoms with Gasteiger partial charge in [0.05, 0.1) is 0 Å². The van der Waals surface area contributed by atoms with Crippen molar-refractivity contribution in [3.63, 3.8) is 0 Å². The fourth-order valence-corrected chi connectivity index (χ4v) is 1.44. The van der Waals surface area contributed by atoms with Crippen molar-refractivity contribution in [1.29, 1.82) is 0 Å². The molecule has 0 bridgehead atoms. The monoisotopic (exact) mass is 124 g/mol. The van der Waals surface area contributed by atoms with Gasteiger partial charge in [0.15, 0.2) is 0 Å². The minimum atomic E-state index is 0.572. The molecule has 1 fully saturated rings. The largest absolute Gasteiger partial charge is 0.234 e. The predicted octanol–water partition coefficient (Wildman–Crippen LogP) is 1.95. The third-order valence-corrected chi connectivity index (χ3v) is 2.13. The Balaban J connectivity index is 2.51. The molecule has 1 aliphatic carbocycles. The summed E-state index contributed by atoms with van der Waals surface area (Å²) >= 11 is 0. The molecular formula is C8H12O. The molecule has 1 aliphatic rings. The molecule has 0 spiro atoms. The Morgan fingerprint density at radius 3 is 2.44 bits per heavy atom. The van der Waals surface area contributed by atoms with Crippen LogP contribution in [0.3, 0.4) is 0 Å². The zero-order chi connectivity index (χ0) is 6.69. The summed E-state index contributed by atoms with van der Waals surface area (Å²) in [7, 11) is 0. The van der Waals surface area contributed by atoms with Gasteiger partial charge in [-0.05, 0) is 25.7 Å². The molecule has 0 aromatic rings. The second-order valence-electron chi connectivity index (χ2n) is 2.77. The van der Waals surface area contributed by atoms with E-state index in [1.54, 1.807) is 0 Å². The summed E-state index contributed by atoms with van der Waals surface area (Å²) in [6, 6.07) is 0. The van der Waals surface area contributed by atoms with Gasteiger partial charge in [0.2, 0.25) is 0 Å². The van der Waals surface area contributed by atoms with Crippen molar-refractivity contribution < 1.29 is 4.79 Å². The summed E-state index contributed by atoms with van der Waals surface area (Å²) in [6.07, 6.45) is 5.01. The maximum absolute atomic E-state index is 10.1. The molecule has 50 valence electrons. The summed E-state index contributed by atoms with van der Waals surface area (Å²) in [5, 5.41) is 0. The van der Waals surface area contributed by atoms with E-state index in [1.807, 2.05) is 12.9 Å². The Morgan fingerprint density at radius 2 is 2.00 bits per heavy atom. The number of hydrogen-bond donors (Lipinski definition) is 0. The Kier molecular flexibility index (Phi) is 2.07. The topological polar surface area (TPSA) is 17.1 Å². The normalized spacial score (nSPS) is 19.7. The molecule has 0 aliphatic heterocycles. The van der Waals surface area contributed by atoms with Gasteiger partial charge in [-0.1, -0.05) is 12.8 Å². The van der Waals surface area contributed by atoms with E-state index < -0.39 is 0 Å².